The lowest BCUT2D eigenvalue weighted by Crippen LogP contribution is -2.26. The van der Waals surface area contributed by atoms with Crippen LogP contribution >= 0.6 is 0 Å². The van der Waals surface area contributed by atoms with Gasteiger partial charge in [-0.3, -0.25) is 15.0 Å². The highest BCUT2D eigenvalue weighted by Gasteiger charge is 2.30. The third-order valence-electron chi connectivity index (χ3n) is 2.86. The number of primary sulfonamides is 1. The molecule has 0 saturated heterocycles. The monoisotopic (exact) mass is 331 g/mol. The SMILES string of the molecule is C1=CC=NNC=C1.NS(=O)(=O)C1=CC(=O)c2ccccc2C1=O. The number of carbonyl (C=O) groups excluding carboxylic acids is 2. The third-order valence-corrected chi connectivity index (χ3v) is 3.77. The first-order valence-corrected chi connectivity index (χ1v) is 7.99. The van der Waals surface area contributed by atoms with Gasteiger partial charge in [0.15, 0.2) is 5.78 Å². The molecule has 7 nitrogen and oxygen atoms in total. The minimum absolute atomic E-state index is 0.0685. The molecular formula is C15H13N3O4S. The van der Waals surface area contributed by atoms with Crippen molar-refractivity contribution in [1.29, 1.82) is 0 Å². The second-order valence-corrected chi connectivity index (χ2v) is 5.97. The summed E-state index contributed by atoms with van der Waals surface area (Å²) in [6, 6.07) is 6.01. The van der Waals surface area contributed by atoms with Gasteiger partial charge in [0.1, 0.15) is 4.91 Å². The highest BCUT2D eigenvalue weighted by atomic mass is 32.2. The molecule has 118 valence electrons. The number of Topliss-reactive ketones (excluding diaryl/α,β-unsaturated/α-hetero) is 1. The van der Waals surface area contributed by atoms with Gasteiger partial charge in [-0.15, -0.1) is 0 Å². The number of allylic oxidation sites excluding steroid dienone is 5. The topological polar surface area (TPSA) is 119 Å². The zero-order valence-corrected chi connectivity index (χ0v) is 12.7. The van der Waals surface area contributed by atoms with Gasteiger partial charge >= 0.3 is 0 Å². The Hall–Kier alpha value is -2.84. The fraction of sp³-hybridized carbons (Fsp3) is 0. The molecule has 1 aliphatic carbocycles. The van der Waals surface area contributed by atoms with Crippen LogP contribution < -0.4 is 10.6 Å². The van der Waals surface area contributed by atoms with E-state index in [9.17, 15) is 18.0 Å². The molecule has 0 bridgehead atoms. The lowest BCUT2D eigenvalue weighted by Gasteiger charge is -2.12. The Bertz CT molecular complexity index is 850. The zero-order chi connectivity index (χ0) is 16.9. The normalized spacial score (nSPS) is 15.8. The molecule has 2 aliphatic rings. The third kappa shape index (κ3) is 4.09. The highest BCUT2D eigenvalue weighted by Crippen LogP contribution is 2.22. The Morgan fingerprint density at radius 3 is 2.39 bits per heavy atom. The van der Waals surface area contributed by atoms with Crippen LogP contribution in [0.2, 0.25) is 0 Å². The van der Waals surface area contributed by atoms with Gasteiger partial charge in [0.2, 0.25) is 15.8 Å². The zero-order valence-electron chi connectivity index (χ0n) is 11.8. The highest BCUT2D eigenvalue weighted by molar-refractivity contribution is 7.94. The number of nitrogens with two attached hydrogens (primary N) is 1. The van der Waals surface area contributed by atoms with Crippen molar-refractivity contribution in [2.24, 2.45) is 10.2 Å². The van der Waals surface area contributed by atoms with Crippen molar-refractivity contribution in [2.45, 2.75) is 0 Å². The first-order chi connectivity index (χ1) is 10.9. The fourth-order valence-electron chi connectivity index (χ4n) is 1.84. The summed E-state index contributed by atoms with van der Waals surface area (Å²) in [5.41, 5.74) is 2.94. The Balaban J connectivity index is 0.000000229. The second kappa shape index (κ2) is 6.95. The fourth-order valence-corrected chi connectivity index (χ4v) is 2.48. The van der Waals surface area contributed by atoms with E-state index < -0.39 is 26.5 Å². The number of rotatable bonds is 1. The summed E-state index contributed by atoms with van der Waals surface area (Å²) in [5, 5.41) is 8.57. The molecule has 23 heavy (non-hydrogen) atoms. The predicted octanol–water partition coefficient (Wildman–Crippen LogP) is 0.883. The molecule has 1 heterocycles. The van der Waals surface area contributed by atoms with Crippen molar-refractivity contribution in [2.75, 3.05) is 0 Å². The number of benzene rings is 1. The number of ketones is 2. The van der Waals surface area contributed by atoms with E-state index in [0.29, 0.717) is 0 Å². The first kappa shape index (κ1) is 16.5. The van der Waals surface area contributed by atoms with E-state index in [1.54, 1.807) is 24.5 Å². The smallest absolute Gasteiger partial charge is 0.242 e. The maximum atomic E-state index is 11.7. The minimum atomic E-state index is -4.16. The van der Waals surface area contributed by atoms with Crippen molar-refractivity contribution in [1.82, 2.24) is 5.43 Å². The van der Waals surface area contributed by atoms with Crippen LogP contribution in [0.25, 0.3) is 0 Å². The van der Waals surface area contributed by atoms with Crippen LogP contribution in [0.5, 0.6) is 0 Å². The Morgan fingerprint density at radius 2 is 1.70 bits per heavy atom. The lowest BCUT2D eigenvalue weighted by atomic mass is 9.95. The number of hydrogen-bond acceptors (Lipinski definition) is 6. The van der Waals surface area contributed by atoms with Crippen LogP contribution in [0, 0.1) is 0 Å². The molecular weight excluding hydrogens is 318 g/mol. The van der Waals surface area contributed by atoms with Crippen LogP contribution in [0.15, 0.2) is 64.8 Å². The van der Waals surface area contributed by atoms with E-state index in [0.717, 1.165) is 6.08 Å². The maximum absolute atomic E-state index is 11.7. The largest absolute Gasteiger partial charge is 0.289 e. The molecule has 0 aromatic heterocycles. The van der Waals surface area contributed by atoms with Gasteiger partial charge in [-0.05, 0) is 12.2 Å². The quantitative estimate of drug-likeness (QED) is 0.792. The second-order valence-electron chi connectivity index (χ2n) is 4.44. The molecule has 0 atom stereocenters. The van der Waals surface area contributed by atoms with E-state index in [-0.39, 0.29) is 11.1 Å². The number of hydrazone groups is 1. The number of hydrogen-bond donors (Lipinski definition) is 2. The van der Waals surface area contributed by atoms with Gasteiger partial charge in [-0.2, -0.15) is 5.10 Å². The summed E-state index contributed by atoms with van der Waals surface area (Å²) in [6.45, 7) is 0. The average Bonchev–Trinajstić information content (AvgIpc) is 2.83. The summed E-state index contributed by atoms with van der Waals surface area (Å²) >= 11 is 0. The van der Waals surface area contributed by atoms with Crippen molar-refractivity contribution >= 4 is 27.8 Å². The van der Waals surface area contributed by atoms with Crippen molar-refractivity contribution in [3.8, 4) is 0 Å². The first-order valence-electron chi connectivity index (χ1n) is 6.44. The number of fused-ring (bicyclic) bond motifs is 1. The van der Waals surface area contributed by atoms with E-state index >= 15 is 0 Å². The Labute approximate surface area is 132 Å². The molecule has 0 radical (unpaired) electrons. The van der Waals surface area contributed by atoms with Crippen molar-refractivity contribution < 1.29 is 18.0 Å². The van der Waals surface area contributed by atoms with E-state index in [1.807, 2.05) is 18.2 Å². The average molecular weight is 331 g/mol. The Morgan fingerprint density at radius 1 is 1.00 bits per heavy atom. The minimum Gasteiger partial charge on any atom is -0.289 e. The van der Waals surface area contributed by atoms with Gasteiger partial charge in [0.05, 0.1) is 0 Å². The molecule has 8 heteroatoms. The number of sulfonamides is 1. The van der Waals surface area contributed by atoms with Gasteiger partial charge in [-0.1, -0.05) is 30.3 Å². The predicted molar refractivity (Wildman–Crippen MR) is 86.2 cm³/mol. The number of nitrogens with one attached hydrogen (secondary N) is 1. The Kier molecular flexibility index (Phi) is 4.99. The summed E-state index contributed by atoms with van der Waals surface area (Å²) in [4.78, 5) is 22.6. The summed E-state index contributed by atoms with van der Waals surface area (Å²) in [6.07, 6.45) is 9.87. The van der Waals surface area contributed by atoms with Gasteiger partial charge in [-0.25, -0.2) is 13.6 Å². The number of nitrogens with zero attached hydrogens (tertiary/aromatic N) is 1. The molecule has 0 amide bonds. The van der Waals surface area contributed by atoms with E-state index in [2.05, 4.69) is 10.5 Å². The maximum Gasteiger partial charge on any atom is 0.242 e. The molecule has 0 spiro atoms. The van der Waals surface area contributed by atoms with Crippen molar-refractivity contribution in [3.05, 3.63) is 70.8 Å². The molecule has 0 unspecified atom stereocenters. The summed E-state index contributed by atoms with van der Waals surface area (Å²) in [5.74, 6) is -1.27. The van der Waals surface area contributed by atoms with E-state index in [1.165, 1.54) is 12.1 Å². The molecule has 3 N–H and O–H groups in total. The molecule has 0 saturated carbocycles. The van der Waals surface area contributed by atoms with Crippen LogP contribution in [0.1, 0.15) is 20.7 Å². The van der Waals surface area contributed by atoms with Crippen molar-refractivity contribution in [3.63, 3.8) is 0 Å². The standard InChI is InChI=1S/C10H7NO4S.C5H6N2/c11-16(14,15)9-5-8(12)6-3-1-2-4-7(6)10(9)13;1-2-4-6-7-5-3-1/h1-5H,(H2,11,14,15);1-6H. The van der Waals surface area contributed by atoms with Crippen LogP contribution in [0.3, 0.4) is 0 Å². The lowest BCUT2D eigenvalue weighted by molar-refractivity contribution is 0.0990. The van der Waals surface area contributed by atoms with Crippen LogP contribution in [0.4, 0.5) is 0 Å². The summed E-state index contributed by atoms with van der Waals surface area (Å²) < 4.78 is 22.2. The van der Waals surface area contributed by atoms with Gasteiger partial charge < -0.3 is 0 Å². The molecule has 1 aromatic rings. The van der Waals surface area contributed by atoms with E-state index in [4.69, 9.17) is 5.14 Å². The summed E-state index contributed by atoms with van der Waals surface area (Å²) in [7, 11) is -4.16. The van der Waals surface area contributed by atoms with Gasteiger partial charge in [0.25, 0.3) is 0 Å². The molecule has 3 rings (SSSR count). The number of carbonyl (C=O) groups is 2. The molecule has 1 aromatic carbocycles. The molecule has 1 aliphatic heterocycles. The van der Waals surface area contributed by atoms with Crippen LogP contribution in [-0.2, 0) is 10.0 Å². The molecule has 0 fully saturated rings. The van der Waals surface area contributed by atoms with Crippen LogP contribution in [-0.4, -0.2) is 26.2 Å². The van der Waals surface area contributed by atoms with Gasteiger partial charge in [0, 0.05) is 29.6 Å².